The van der Waals surface area contributed by atoms with Gasteiger partial charge in [-0.2, -0.15) is 0 Å². The molecule has 1 N–H and O–H groups in total. The average Bonchev–Trinajstić information content (AvgIpc) is 2.35. The lowest BCUT2D eigenvalue weighted by atomic mass is 9.87. The molecule has 0 radical (unpaired) electrons. The summed E-state index contributed by atoms with van der Waals surface area (Å²) in [5.74, 6) is 0. The van der Waals surface area contributed by atoms with E-state index >= 15 is 0 Å². The Morgan fingerprint density at radius 2 is 1.94 bits per heavy atom. The van der Waals surface area contributed by atoms with Gasteiger partial charge in [0.2, 0.25) is 0 Å². The van der Waals surface area contributed by atoms with Crippen LogP contribution in [0.3, 0.4) is 0 Å². The summed E-state index contributed by atoms with van der Waals surface area (Å²) in [5.41, 5.74) is 0.886. The SMILES string of the molecule is C/C=C/[C@H](OCc1ccccc1)C(C)(C)CO. The van der Waals surface area contributed by atoms with Gasteiger partial charge in [0.15, 0.2) is 0 Å². The predicted molar refractivity (Wildman–Crippen MR) is 70.7 cm³/mol. The summed E-state index contributed by atoms with van der Waals surface area (Å²) < 4.78 is 5.88. The van der Waals surface area contributed by atoms with Crippen molar-refractivity contribution in [1.29, 1.82) is 0 Å². The molecule has 1 rings (SSSR count). The molecule has 17 heavy (non-hydrogen) atoms. The Morgan fingerprint density at radius 1 is 1.29 bits per heavy atom. The van der Waals surface area contributed by atoms with Crippen LogP contribution in [0.5, 0.6) is 0 Å². The second kappa shape index (κ2) is 6.58. The third-order valence-electron chi connectivity index (χ3n) is 2.82. The summed E-state index contributed by atoms with van der Waals surface area (Å²) in [6, 6.07) is 10.1. The summed E-state index contributed by atoms with van der Waals surface area (Å²) in [6.45, 7) is 6.65. The van der Waals surface area contributed by atoms with Crippen LogP contribution in [0.25, 0.3) is 0 Å². The number of hydrogen-bond donors (Lipinski definition) is 1. The van der Waals surface area contributed by atoms with Crippen LogP contribution in [0.15, 0.2) is 42.5 Å². The van der Waals surface area contributed by atoms with E-state index in [4.69, 9.17) is 4.74 Å². The highest BCUT2D eigenvalue weighted by atomic mass is 16.5. The maximum Gasteiger partial charge on any atom is 0.0833 e. The molecule has 0 unspecified atom stereocenters. The van der Waals surface area contributed by atoms with Gasteiger partial charge in [0.05, 0.1) is 19.3 Å². The highest BCUT2D eigenvalue weighted by Crippen LogP contribution is 2.24. The highest BCUT2D eigenvalue weighted by Gasteiger charge is 2.27. The van der Waals surface area contributed by atoms with Crippen molar-refractivity contribution >= 4 is 0 Å². The van der Waals surface area contributed by atoms with Crippen molar-refractivity contribution in [3.05, 3.63) is 48.0 Å². The van der Waals surface area contributed by atoms with E-state index in [0.717, 1.165) is 5.56 Å². The van der Waals surface area contributed by atoms with Crippen molar-refractivity contribution < 1.29 is 9.84 Å². The summed E-state index contributed by atoms with van der Waals surface area (Å²) in [4.78, 5) is 0. The molecule has 0 aliphatic carbocycles. The molecule has 94 valence electrons. The Bertz CT molecular complexity index is 341. The van der Waals surface area contributed by atoms with Gasteiger partial charge < -0.3 is 9.84 Å². The van der Waals surface area contributed by atoms with Gasteiger partial charge in [-0.25, -0.2) is 0 Å². The van der Waals surface area contributed by atoms with Gasteiger partial charge in [0.25, 0.3) is 0 Å². The molecule has 0 bridgehead atoms. The van der Waals surface area contributed by atoms with Gasteiger partial charge in [-0.3, -0.25) is 0 Å². The molecule has 0 saturated heterocycles. The summed E-state index contributed by atoms with van der Waals surface area (Å²) in [7, 11) is 0. The van der Waals surface area contributed by atoms with Crippen molar-refractivity contribution in [2.75, 3.05) is 6.61 Å². The van der Waals surface area contributed by atoms with Crippen LogP contribution in [-0.2, 0) is 11.3 Å². The first-order chi connectivity index (χ1) is 8.10. The van der Waals surface area contributed by atoms with Gasteiger partial charge in [-0.15, -0.1) is 0 Å². The molecule has 0 amide bonds. The molecule has 2 heteroatoms. The fraction of sp³-hybridized carbons (Fsp3) is 0.467. The molecule has 2 nitrogen and oxygen atoms in total. The van der Waals surface area contributed by atoms with Crippen LogP contribution in [0.1, 0.15) is 26.3 Å². The number of aliphatic hydroxyl groups is 1. The highest BCUT2D eigenvalue weighted by molar-refractivity contribution is 5.13. The van der Waals surface area contributed by atoms with Gasteiger partial charge in [0.1, 0.15) is 0 Å². The zero-order chi connectivity index (χ0) is 12.7. The number of allylic oxidation sites excluding steroid dienone is 1. The van der Waals surface area contributed by atoms with Crippen molar-refractivity contribution in [2.45, 2.75) is 33.5 Å². The van der Waals surface area contributed by atoms with E-state index in [1.54, 1.807) is 0 Å². The van der Waals surface area contributed by atoms with Crippen LogP contribution in [0.2, 0.25) is 0 Å². The lowest BCUT2D eigenvalue weighted by Crippen LogP contribution is -2.33. The standard InChI is InChI=1S/C15H22O2/c1-4-8-14(15(2,3)12-16)17-11-13-9-6-5-7-10-13/h4-10,14,16H,11-12H2,1-3H3/b8-4+/t14-/m0/s1. The number of hydrogen-bond acceptors (Lipinski definition) is 2. The first-order valence-electron chi connectivity index (χ1n) is 5.99. The smallest absolute Gasteiger partial charge is 0.0833 e. The molecule has 0 heterocycles. The fourth-order valence-electron chi connectivity index (χ4n) is 1.57. The van der Waals surface area contributed by atoms with Crippen LogP contribution < -0.4 is 0 Å². The van der Waals surface area contributed by atoms with Crippen LogP contribution in [-0.4, -0.2) is 17.8 Å². The van der Waals surface area contributed by atoms with E-state index in [1.165, 1.54) is 0 Å². The molecule has 1 aromatic rings. The maximum atomic E-state index is 9.37. The monoisotopic (exact) mass is 234 g/mol. The molecule has 0 saturated carbocycles. The topological polar surface area (TPSA) is 29.5 Å². The molecule has 0 fully saturated rings. The largest absolute Gasteiger partial charge is 0.396 e. The Hall–Kier alpha value is -1.12. The van der Waals surface area contributed by atoms with Gasteiger partial charge in [-0.05, 0) is 12.5 Å². The quantitative estimate of drug-likeness (QED) is 0.766. The second-order valence-corrected chi connectivity index (χ2v) is 4.89. The molecule has 0 aliphatic rings. The molecule has 1 atom stereocenters. The lowest BCUT2D eigenvalue weighted by molar-refractivity contribution is -0.0290. The Balaban J connectivity index is 2.63. The number of rotatable bonds is 6. The molecular weight excluding hydrogens is 212 g/mol. The summed E-state index contributed by atoms with van der Waals surface area (Å²) >= 11 is 0. The minimum absolute atomic E-state index is 0.0716. The van der Waals surface area contributed by atoms with Crippen molar-refractivity contribution in [2.24, 2.45) is 5.41 Å². The van der Waals surface area contributed by atoms with E-state index in [0.29, 0.717) is 6.61 Å². The number of benzene rings is 1. The minimum atomic E-state index is -0.263. The third kappa shape index (κ3) is 4.33. The number of aliphatic hydroxyl groups excluding tert-OH is 1. The van der Waals surface area contributed by atoms with Crippen LogP contribution >= 0.6 is 0 Å². The molecule has 0 aliphatic heterocycles. The predicted octanol–water partition coefficient (Wildman–Crippen LogP) is 3.17. The summed E-state index contributed by atoms with van der Waals surface area (Å²) in [5, 5.41) is 9.37. The van der Waals surface area contributed by atoms with Crippen molar-refractivity contribution in [1.82, 2.24) is 0 Å². The van der Waals surface area contributed by atoms with Crippen LogP contribution in [0, 0.1) is 5.41 Å². The van der Waals surface area contributed by atoms with Crippen LogP contribution in [0.4, 0.5) is 0 Å². The zero-order valence-corrected chi connectivity index (χ0v) is 10.9. The van der Waals surface area contributed by atoms with Crippen molar-refractivity contribution in [3.63, 3.8) is 0 Å². The summed E-state index contributed by atoms with van der Waals surface area (Å²) in [6.07, 6.45) is 3.89. The van der Waals surface area contributed by atoms with Gasteiger partial charge >= 0.3 is 0 Å². The number of ether oxygens (including phenoxy) is 1. The first kappa shape index (κ1) is 13.9. The molecule has 1 aromatic carbocycles. The zero-order valence-electron chi connectivity index (χ0n) is 10.9. The van der Waals surface area contributed by atoms with E-state index in [-0.39, 0.29) is 18.1 Å². The Labute approximate surface area is 104 Å². The van der Waals surface area contributed by atoms with E-state index in [1.807, 2.05) is 63.3 Å². The minimum Gasteiger partial charge on any atom is -0.396 e. The molecule has 0 spiro atoms. The molecular formula is C15H22O2. The van der Waals surface area contributed by atoms with E-state index < -0.39 is 0 Å². The van der Waals surface area contributed by atoms with E-state index in [9.17, 15) is 5.11 Å². The van der Waals surface area contributed by atoms with E-state index in [2.05, 4.69) is 0 Å². The Kier molecular flexibility index (Phi) is 5.39. The lowest BCUT2D eigenvalue weighted by Gasteiger charge is -2.30. The van der Waals surface area contributed by atoms with Gasteiger partial charge in [0, 0.05) is 5.41 Å². The van der Waals surface area contributed by atoms with Crippen molar-refractivity contribution in [3.8, 4) is 0 Å². The molecule has 0 aromatic heterocycles. The fourth-order valence-corrected chi connectivity index (χ4v) is 1.57. The Morgan fingerprint density at radius 3 is 2.47 bits per heavy atom. The second-order valence-electron chi connectivity index (χ2n) is 4.89. The maximum absolute atomic E-state index is 9.37. The first-order valence-corrected chi connectivity index (χ1v) is 5.99. The average molecular weight is 234 g/mol. The third-order valence-corrected chi connectivity index (χ3v) is 2.82. The normalized spacial score (nSPS) is 14.1. The van der Waals surface area contributed by atoms with Gasteiger partial charge in [-0.1, -0.05) is 56.3 Å².